The zero-order chi connectivity index (χ0) is 18.1. The van der Waals surface area contributed by atoms with Crippen molar-refractivity contribution in [2.24, 2.45) is 0 Å². The molecule has 1 amide bonds. The number of hydrogen-bond acceptors (Lipinski definition) is 5. The maximum Gasteiger partial charge on any atom is 0.339 e. The number of aryl methyl sites for hydroxylation is 2. The molecule has 2 heterocycles. The molecule has 0 saturated heterocycles. The minimum absolute atomic E-state index is 0.118. The van der Waals surface area contributed by atoms with E-state index in [1.807, 2.05) is 19.1 Å². The third kappa shape index (κ3) is 3.10. The first kappa shape index (κ1) is 16.4. The lowest BCUT2D eigenvalue weighted by Gasteiger charge is -2.12. The normalized spacial score (nSPS) is 13.0. The van der Waals surface area contributed by atoms with E-state index in [4.69, 9.17) is 13.6 Å². The number of fused-ring (bicyclic) bond motifs is 3. The summed E-state index contributed by atoms with van der Waals surface area (Å²) in [5, 5.41) is 3.56. The van der Waals surface area contributed by atoms with Crippen LogP contribution in [0.3, 0.4) is 0 Å². The van der Waals surface area contributed by atoms with E-state index in [2.05, 4.69) is 5.32 Å². The number of benzene rings is 1. The summed E-state index contributed by atoms with van der Waals surface area (Å²) in [6, 6.07) is 7.27. The van der Waals surface area contributed by atoms with Gasteiger partial charge in [-0.05, 0) is 61.6 Å². The standard InChI is InChI=1S/C20H19NO5/c1-12-8-16(25-11-18(22)21-10-13-4-3-7-24-13)19-14-5-2-6-15(14)20(23)26-17(19)9-12/h3-4,7-9H,2,5-6,10-11H2,1H3,(H,21,22). The summed E-state index contributed by atoms with van der Waals surface area (Å²) in [5.74, 6) is 1.01. The Morgan fingerprint density at radius 2 is 2.12 bits per heavy atom. The number of nitrogens with one attached hydrogen (secondary N) is 1. The molecule has 0 bridgehead atoms. The first-order chi connectivity index (χ1) is 12.6. The molecule has 1 aliphatic carbocycles. The summed E-state index contributed by atoms with van der Waals surface area (Å²) in [7, 11) is 0. The minimum atomic E-state index is -0.266. The largest absolute Gasteiger partial charge is 0.483 e. The molecule has 6 nitrogen and oxygen atoms in total. The highest BCUT2D eigenvalue weighted by molar-refractivity contribution is 5.89. The van der Waals surface area contributed by atoms with Gasteiger partial charge < -0.3 is 18.9 Å². The Labute approximate surface area is 149 Å². The molecule has 0 radical (unpaired) electrons. The summed E-state index contributed by atoms with van der Waals surface area (Å²) in [4.78, 5) is 24.2. The van der Waals surface area contributed by atoms with Gasteiger partial charge in [0.25, 0.3) is 5.91 Å². The van der Waals surface area contributed by atoms with Gasteiger partial charge in [0, 0.05) is 5.56 Å². The molecule has 0 unspecified atom stereocenters. The van der Waals surface area contributed by atoms with Gasteiger partial charge in [-0.15, -0.1) is 0 Å². The lowest BCUT2D eigenvalue weighted by atomic mass is 10.0. The summed E-state index contributed by atoms with van der Waals surface area (Å²) in [6.07, 6.45) is 4.04. The number of hydrogen-bond donors (Lipinski definition) is 1. The van der Waals surface area contributed by atoms with Crippen molar-refractivity contribution in [2.45, 2.75) is 32.7 Å². The van der Waals surface area contributed by atoms with Gasteiger partial charge in [0.2, 0.25) is 0 Å². The van der Waals surface area contributed by atoms with Crippen LogP contribution in [0.1, 0.15) is 28.9 Å². The number of rotatable bonds is 5. The second-order valence-electron chi connectivity index (χ2n) is 6.48. The van der Waals surface area contributed by atoms with E-state index in [0.717, 1.165) is 41.3 Å². The first-order valence-corrected chi connectivity index (χ1v) is 8.63. The lowest BCUT2D eigenvalue weighted by Crippen LogP contribution is -2.28. The Morgan fingerprint density at radius 1 is 1.27 bits per heavy atom. The van der Waals surface area contributed by atoms with E-state index in [1.165, 1.54) is 0 Å². The fourth-order valence-corrected chi connectivity index (χ4v) is 3.41. The van der Waals surface area contributed by atoms with Gasteiger partial charge >= 0.3 is 5.63 Å². The molecule has 0 saturated carbocycles. The van der Waals surface area contributed by atoms with Gasteiger partial charge in [-0.2, -0.15) is 0 Å². The van der Waals surface area contributed by atoms with Crippen molar-refractivity contribution in [3.63, 3.8) is 0 Å². The van der Waals surface area contributed by atoms with Crippen molar-refractivity contribution in [2.75, 3.05) is 6.61 Å². The predicted octanol–water partition coefficient (Wildman–Crippen LogP) is 2.88. The van der Waals surface area contributed by atoms with Crippen LogP contribution in [0.4, 0.5) is 0 Å². The number of carbonyl (C=O) groups excluding carboxylic acids is 1. The number of amides is 1. The maximum absolute atomic E-state index is 12.1. The second-order valence-corrected chi connectivity index (χ2v) is 6.48. The second kappa shape index (κ2) is 6.71. The first-order valence-electron chi connectivity index (χ1n) is 8.63. The van der Waals surface area contributed by atoms with Crippen LogP contribution in [0.2, 0.25) is 0 Å². The molecule has 0 aliphatic heterocycles. The molecule has 0 fully saturated rings. The number of furan rings is 1. The van der Waals surface area contributed by atoms with Crippen molar-refractivity contribution >= 4 is 16.9 Å². The van der Waals surface area contributed by atoms with Crippen LogP contribution in [0, 0.1) is 6.92 Å². The van der Waals surface area contributed by atoms with Crippen LogP contribution in [-0.2, 0) is 24.2 Å². The fraction of sp³-hybridized carbons (Fsp3) is 0.300. The van der Waals surface area contributed by atoms with Crippen LogP contribution >= 0.6 is 0 Å². The highest BCUT2D eigenvalue weighted by Gasteiger charge is 2.22. The SMILES string of the molecule is Cc1cc(OCC(=O)NCc2ccco2)c2c3c(c(=O)oc2c1)CCC3. The average Bonchev–Trinajstić information content (AvgIpc) is 3.29. The molecule has 134 valence electrons. The zero-order valence-corrected chi connectivity index (χ0v) is 14.5. The van der Waals surface area contributed by atoms with Crippen LogP contribution in [0.25, 0.3) is 11.0 Å². The molecule has 3 aromatic rings. The lowest BCUT2D eigenvalue weighted by molar-refractivity contribution is -0.123. The smallest absolute Gasteiger partial charge is 0.339 e. The van der Waals surface area contributed by atoms with Crippen LogP contribution < -0.4 is 15.7 Å². The molecule has 6 heteroatoms. The summed E-state index contributed by atoms with van der Waals surface area (Å²) >= 11 is 0. The maximum atomic E-state index is 12.1. The van der Waals surface area contributed by atoms with Gasteiger partial charge in [0.1, 0.15) is 17.1 Å². The summed E-state index contributed by atoms with van der Waals surface area (Å²) < 4.78 is 16.5. The molecule has 0 atom stereocenters. The van der Waals surface area contributed by atoms with Gasteiger partial charge in [-0.25, -0.2) is 4.79 Å². The van der Waals surface area contributed by atoms with E-state index >= 15 is 0 Å². The van der Waals surface area contributed by atoms with Gasteiger partial charge in [0.15, 0.2) is 6.61 Å². The number of carbonyl (C=O) groups is 1. The van der Waals surface area contributed by atoms with Gasteiger partial charge in [-0.3, -0.25) is 4.79 Å². The van der Waals surface area contributed by atoms with Crippen LogP contribution in [0.5, 0.6) is 5.75 Å². The number of ether oxygens (including phenoxy) is 1. The quantitative estimate of drug-likeness (QED) is 0.713. The van der Waals surface area contributed by atoms with Crippen LogP contribution in [-0.4, -0.2) is 12.5 Å². The summed E-state index contributed by atoms with van der Waals surface area (Å²) in [5.41, 5.74) is 2.87. The van der Waals surface area contributed by atoms with E-state index in [1.54, 1.807) is 18.4 Å². The molecule has 0 spiro atoms. The monoisotopic (exact) mass is 353 g/mol. The van der Waals surface area contributed by atoms with Gasteiger partial charge in [0.05, 0.1) is 18.2 Å². The van der Waals surface area contributed by atoms with Crippen molar-refractivity contribution < 1.29 is 18.4 Å². The van der Waals surface area contributed by atoms with E-state index in [0.29, 0.717) is 23.6 Å². The van der Waals surface area contributed by atoms with Crippen molar-refractivity contribution in [1.29, 1.82) is 0 Å². The predicted molar refractivity (Wildman–Crippen MR) is 95.3 cm³/mol. The molecule has 1 aliphatic rings. The van der Waals surface area contributed by atoms with E-state index in [-0.39, 0.29) is 18.1 Å². The van der Waals surface area contributed by atoms with Gasteiger partial charge in [-0.1, -0.05) is 0 Å². The zero-order valence-electron chi connectivity index (χ0n) is 14.5. The third-order valence-corrected chi connectivity index (χ3v) is 4.58. The Morgan fingerprint density at radius 3 is 2.92 bits per heavy atom. The molecule has 1 aromatic carbocycles. The molecule has 1 N–H and O–H groups in total. The Bertz CT molecular complexity index is 1020. The topological polar surface area (TPSA) is 81.7 Å². The van der Waals surface area contributed by atoms with Crippen molar-refractivity contribution in [3.8, 4) is 5.75 Å². The van der Waals surface area contributed by atoms with Crippen LogP contribution in [0.15, 0.2) is 44.2 Å². The Hall–Kier alpha value is -3.02. The molecular weight excluding hydrogens is 334 g/mol. The fourth-order valence-electron chi connectivity index (χ4n) is 3.41. The summed E-state index contributed by atoms with van der Waals surface area (Å²) in [6.45, 7) is 2.09. The average molecular weight is 353 g/mol. The van der Waals surface area contributed by atoms with Crippen molar-refractivity contribution in [3.05, 3.63) is 63.4 Å². The van der Waals surface area contributed by atoms with Crippen molar-refractivity contribution in [1.82, 2.24) is 5.32 Å². The van der Waals surface area contributed by atoms with E-state index in [9.17, 15) is 9.59 Å². The molecule has 4 rings (SSSR count). The Balaban J connectivity index is 1.57. The molecule has 26 heavy (non-hydrogen) atoms. The third-order valence-electron chi connectivity index (χ3n) is 4.58. The minimum Gasteiger partial charge on any atom is -0.483 e. The highest BCUT2D eigenvalue weighted by Crippen LogP contribution is 2.35. The Kier molecular flexibility index (Phi) is 4.24. The molecule has 2 aromatic heterocycles. The molecular formula is C20H19NO5. The highest BCUT2D eigenvalue weighted by atomic mass is 16.5. The van der Waals surface area contributed by atoms with E-state index < -0.39 is 0 Å².